The van der Waals surface area contributed by atoms with Gasteiger partial charge in [-0.25, -0.2) is 18.1 Å². The Bertz CT molecular complexity index is 1080. The number of oxime groups is 1. The number of hydrogen-bond donors (Lipinski definition) is 3. The average molecular weight is 471 g/mol. The summed E-state index contributed by atoms with van der Waals surface area (Å²) in [5.74, 6) is -1.56. The summed E-state index contributed by atoms with van der Waals surface area (Å²) in [5.41, 5.74) is 5.02. The minimum atomic E-state index is -3.98. The minimum absolute atomic E-state index is 0.0225. The lowest BCUT2D eigenvalue weighted by Gasteiger charge is -2.10. The molecule has 1 aliphatic heterocycles. The molecule has 11 nitrogen and oxygen atoms in total. The van der Waals surface area contributed by atoms with E-state index in [0.717, 1.165) is 6.20 Å². The summed E-state index contributed by atoms with van der Waals surface area (Å²) < 4.78 is 44.8. The number of thiazole rings is 1. The molecule has 1 saturated heterocycles. The van der Waals surface area contributed by atoms with Crippen LogP contribution in [-0.2, 0) is 29.2 Å². The molecule has 1 aromatic carbocycles. The maximum absolute atomic E-state index is 13.2. The molecule has 0 radical (unpaired) electrons. The summed E-state index contributed by atoms with van der Waals surface area (Å²) in [6, 6.07) is 5.13. The van der Waals surface area contributed by atoms with E-state index in [9.17, 15) is 22.4 Å². The lowest BCUT2D eigenvalue weighted by atomic mass is 10.1. The molecule has 0 spiro atoms. The van der Waals surface area contributed by atoms with Crippen LogP contribution in [0.15, 0.2) is 40.5 Å². The number of benzene rings is 1. The summed E-state index contributed by atoms with van der Waals surface area (Å²) >= 11 is 0.635. The van der Waals surface area contributed by atoms with Crippen LogP contribution in [0.2, 0.25) is 0 Å². The molecule has 0 unspecified atom stereocenters. The number of hydrogen-bond acceptors (Lipinski definition) is 9. The van der Waals surface area contributed by atoms with Crippen LogP contribution >= 0.6 is 11.3 Å². The first-order chi connectivity index (χ1) is 14.7. The lowest BCUT2D eigenvalue weighted by molar-refractivity contribution is -0.117. The van der Waals surface area contributed by atoms with Crippen LogP contribution in [0, 0.1) is 5.13 Å². The third-order valence-corrected chi connectivity index (χ3v) is 6.09. The van der Waals surface area contributed by atoms with Gasteiger partial charge in [0.2, 0.25) is 15.9 Å². The summed E-state index contributed by atoms with van der Waals surface area (Å²) in [4.78, 5) is 32.5. The zero-order valence-electron chi connectivity index (χ0n) is 15.9. The fourth-order valence-corrected chi connectivity index (χ4v) is 3.99. The smallest absolute Gasteiger partial charge is 0.280 e. The normalized spacial score (nSPS) is 16.8. The lowest BCUT2D eigenvalue weighted by Crippen LogP contribution is -2.33. The highest BCUT2D eigenvalue weighted by Gasteiger charge is 2.22. The largest absolute Gasteiger partial charge is 0.389 e. The highest BCUT2D eigenvalue weighted by atomic mass is 32.2. The van der Waals surface area contributed by atoms with Crippen molar-refractivity contribution in [2.45, 2.75) is 17.4 Å². The molecule has 0 bridgehead atoms. The molecule has 1 aromatic heterocycles. The van der Waals surface area contributed by atoms with E-state index in [1.165, 1.54) is 24.3 Å². The Hall–Kier alpha value is -2.94. The van der Waals surface area contributed by atoms with E-state index in [0.29, 0.717) is 31.0 Å². The number of halogens is 1. The third-order valence-electron chi connectivity index (χ3n) is 3.97. The molecule has 1 atom stereocenters. The SMILES string of the molecule is NC(=O)CNS(=O)(=O)c1ccc(C(=NO[C@@H]2CCOC2)C(=O)Nc2ncc(F)s2)cc1. The molecule has 2 aromatic rings. The first-order valence-corrected chi connectivity index (χ1v) is 11.2. The first kappa shape index (κ1) is 22.7. The van der Waals surface area contributed by atoms with Gasteiger partial charge in [-0.05, 0) is 12.1 Å². The maximum Gasteiger partial charge on any atom is 0.280 e. The van der Waals surface area contributed by atoms with E-state index < -0.39 is 33.5 Å². The number of nitrogens with two attached hydrogens (primary N) is 1. The van der Waals surface area contributed by atoms with Gasteiger partial charge in [-0.3, -0.25) is 14.9 Å². The van der Waals surface area contributed by atoms with Crippen molar-refractivity contribution < 1.29 is 32.0 Å². The monoisotopic (exact) mass is 471 g/mol. The Morgan fingerprint density at radius 3 is 2.68 bits per heavy atom. The van der Waals surface area contributed by atoms with Crippen molar-refractivity contribution in [1.29, 1.82) is 0 Å². The third kappa shape index (κ3) is 6.27. The summed E-state index contributed by atoms with van der Waals surface area (Å²) in [6.45, 7) is 0.268. The van der Waals surface area contributed by atoms with Crippen LogP contribution in [0.1, 0.15) is 12.0 Å². The highest BCUT2D eigenvalue weighted by Crippen LogP contribution is 2.18. The molecule has 4 N–H and O–H groups in total. The molecule has 166 valence electrons. The van der Waals surface area contributed by atoms with E-state index in [4.69, 9.17) is 15.3 Å². The zero-order valence-corrected chi connectivity index (χ0v) is 17.5. The number of ether oxygens (including phenoxy) is 1. The molecule has 3 rings (SSSR count). The van der Waals surface area contributed by atoms with Crippen LogP contribution in [0.4, 0.5) is 9.52 Å². The Labute approximate surface area is 180 Å². The molecule has 0 aliphatic carbocycles. The number of primary amides is 1. The van der Waals surface area contributed by atoms with Crippen molar-refractivity contribution in [2.24, 2.45) is 10.9 Å². The van der Waals surface area contributed by atoms with Crippen LogP contribution in [0.3, 0.4) is 0 Å². The quantitative estimate of drug-likeness (QED) is 0.347. The van der Waals surface area contributed by atoms with Gasteiger partial charge in [0.15, 0.2) is 22.1 Å². The van der Waals surface area contributed by atoms with Crippen molar-refractivity contribution in [3.05, 3.63) is 41.2 Å². The molecule has 14 heteroatoms. The number of carbonyl (C=O) groups excluding carboxylic acids is 2. The van der Waals surface area contributed by atoms with Crippen LogP contribution in [0.5, 0.6) is 0 Å². The molecular weight excluding hydrogens is 453 g/mol. The standard InChI is InChI=1S/C17H18FN5O6S2/c18-13-7-20-17(30-13)22-16(25)15(23-29-11-5-6-28-9-11)10-1-3-12(4-2-10)31(26,27)21-8-14(19)24/h1-4,7,11,21H,5-6,8-9H2,(H2,19,24)(H,20,22,25)/t11-/m1/s1. The summed E-state index contributed by atoms with van der Waals surface area (Å²) in [7, 11) is -3.98. The second kappa shape index (κ2) is 9.91. The number of sulfonamides is 1. The van der Waals surface area contributed by atoms with E-state index in [2.05, 4.69) is 20.2 Å². The van der Waals surface area contributed by atoms with Gasteiger partial charge in [-0.2, -0.15) is 4.39 Å². The second-order valence-corrected chi connectivity index (χ2v) is 9.02. The number of nitrogens with one attached hydrogen (secondary N) is 2. The molecule has 0 saturated carbocycles. The topological polar surface area (TPSA) is 162 Å². The van der Waals surface area contributed by atoms with Crippen molar-refractivity contribution in [3.8, 4) is 0 Å². The Kier molecular flexibility index (Phi) is 7.27. The van der Waals surface area contributed by atoms with Crippen molar-refractivity contribution in [2.75, 3.05) is 25.1 Å². The number of anilines is 1. The molecule has 2 amide bonds. The predicted molar refractivity (Wildman–Crippen MR) is 108 cm³/mol. The number of aromatic nitrogens is 1. The second-order valence-electron chi connectivity index (χ2n) is 6.27. The van der Waals surface area contributed by atoms with Crippen LogP contribution in [-0.4, -0.2) is 56.8 Å². The average Bonchev–Trinajstić information content (AvgIpc) is 3.39. The fourth-order valence-electron chi connectivity index (χ4n) is 2.46. The van der Waals surface area contributed by atoms with Crippen molar-refractivity contribution >= 4 is 44.0 Å². The van der Waals surface area contributed by atoms with E-state index >= 15 is 0 Å². The van der Waals surface area contributed by atoms with Gasteiger partial charge in [-0.15, -0.1) is 0 Å². The van der Waals surface area contributed by atoms with Crippen LogP contribution < -0.4 is 15.8 Å². The summed E-state index contributed by atoms with van der Waals surface area (Å²) in [5, 5.41) is 5.78. The van der Waals surface area contributed by atoms with Gasteiger partial charge in [0.05, 0.1) is 30.9 Å². The van der Waals surface area contributed by atoms with E-state index in [1.807, 2.05) is 0 Å². The fraction of sp³-hybridized carbons (Fsp3) is 0.294. The molecular formula is C17H18FN5O6S2. The molecule has 1 aliphatic rings. The van der Waals surface area contributed by atoms with Gasteiger partial charge in [0.25, 0.3) is 5.91 Å². The van der Waals surface area contributed by atoms with Gasteiger partial charge in [0.1, 0.15) is 0 Å². The van der Waals surface area contributed by atoms with Gasteiger partial charge >= 0.3 is 0 Å². The minimum Gasteiger partial charge on any atom is -0.389 e. The van der Waals surface area contributed by atoms with Gasteiger partial charge < -0.3 is 15.3 Å². The van der Waals surface area contributed by atoms with Crippen LogP contribution in [0.25, 0.3) is 0 Å². The number of carbonyl (C=O) groups is 2. The predicted octanol–water partition coefficient (Wildman–Crippen LogP) is 0.194. The Morgan fingerprint density at radius 2 is 2.10 bits per heavy atom. The first-order valence-electron chi connectivity index (χ1n) is 8.87. The highest BCUT2D eigenvalue weighted by molar-refractivity contribution is 7.89. The Morgan fingerprint density at radius 1 is 1.35 bits per heavy atom. The molecule has 1 fully saturated rings. The van der Waals surface area contributed by atoms with Gasteiger partial charge in [0, 0.05) is 12.0 Å². The van der Waals surface area contributed by atoms with E-state index in [-0.39, 0.29) is 27.4 Å². The number of nitrogens with zero attached hydrogens (tertiary/aromatic N) is 2. The van der Waals surface area contributed by atoms with Gasteiger partial charge in [-0.1, -0.05) is 28.6 Å². The maximum atomic E-state index is 13.2. The zero-order chi connectivity index (χ0) is 22.4. The van der Waals surface area contributed by atoms with Crippen molar-refractivity contribution in [1.82, 2.24) is 9.71 Å². The Balaban J connectivity index is 1.83. The van der Waals surface area contributed by atoms with Crippen molar-refractivity contribution in [3.63, 3.8) is 0 Å². The van der Waals surface area contributed by atoms with E-state index in [1.54, 1.807) is 0 Å². The molecule has 2 heterocycles. The number of amides is 2. The molecule has 31 heavy (non-hydrogen) atoms. The summed E-state index contributed by atoms with van der Waals surface area (Å²) in [6.07, 6.45) is 1.22. The number of rotatable bonds is 9.